The van der Waals surface area contributed by atoms with Crippen LogP contribution in [0.25, 0.3) is 0 Å². The van der Waals surface area contributed by atoms with Crippen LogP contribution in [0.3, 0.4) is 0 Å². The van der Waals surface area contributed by atoms with Crippen molar-refractivity contribution in [2.45, 2.75) is 50.0 Å². The summed E-state index contributed by atoms with van der Waals surface area (Å²) in [5.74, 6) is -0.0955. The van der Waals surface area contributed by atoms with Crippen LogP contribution in [0.1, 0.15) is 50.4 Å². The number of alkyl halides is 2. The van der Waals surface area contributed by atoms with Crippen LogP contribution in [0.4, 0.5) is 4.79 Å². The molecule has 6 heteroatoms. The summed E-state index contributed by atoms with van der Waals surface area (Å²) in [6, 6.07) is 8.57. The lowest BCUT2D eigenvalue weighted by atomic mass is 9.75. The molecule has 1 aromatic rings. The van der Waals surface area contributed by atoms with Crippen molar-refractivity contribution in [3.8, 4) is 0 Å². The van der Waals surface area contributed by atoms with Gasteiger partial charge in [-0.2, -0.15) is 0 Å². The number of hydrogen-bond donors (Lipinski definition) is 1. The molecule has 2 aliphatic rings. The van der Waals surface area contributed by atoms with E-state index in [2.05, 4.69) is 12.2 Å². The second-order valence-corrected chi connectivity index (χ2v) is 9.26. The summed E-state index contributed by atoms with van der Waals surface area (Å²) < 4.78 is 4.90. The van der Waals surface area contributed by atoms with Gasteiger partial charge in [0.05, 0.1) is 0 Å². The summed E-state index contributed by atoms with van der Waals surface area (Å²) in [7, 11) is 0. The van der Waals surface area contributed by atoms with Crippen molar-refractivity contribution < 1.29 is 14.3 Å². The van der Waals surface area contributed by atoms with Gasteiger partial charge < -0.3 is 4.74 Å². The summed E-state index contributed by atoms with van der Waals surface area (Å²) in [6.45, 7) is 5.87. The first-order valence-electron chi connectivity index (χ1n) is 8.55. The van der Waals surface area contributed by atoms with E-state index in [1.807, 2.05) is 13.8 Å². The van der Waals surface area contributed by atoms with Crippen molar-refractivity contribution in [2.24, 2.45) is 17.3 Å². The molecule has 3 rings (SSSR count). The number of benzene rings is 1. The summed E-state index contributed by atoms with van der Waals surface area (Å²) >= 11 is 12.8. The Morgan fingerprint density at radius 3 is 2.48 bits per heavy atom. The van der Waals surface area contributed by atoms with E-state index in [4.69, 9.17) is 27.9 Å². The van der Waals surface area contributed by atoms with E-state index in [1.54, 1.807) is 30.3 Å². The fraction of sp³-hybridized carbons (Fsp3) is 0.579. The number of hydrogen-bond acceptors (Lipinski definition) is 3. The highest BCUT2D eigenvalue weighted by molar-refractivity contribution is 6.51. The van der Waals surface area contributed by atoms with Gasteiger partial charge in [-0.1, -0.05) is 25.1 Å². The lowest BCUT2D eigenvalue weighted by Crippen LogP contribution is -2.43. The molecule has 2 fully saturated rings. The highest BCUT2D eigenvalue weighted by Gasteiger charge is 2.74. The molecule has 2 aliphatic carbocycles. The standard InChI is InChI=1S/C19H23Cl2NO3/c1-17(2,13-9-10-18(3)14(11-13)19(18,20)21)25-16(24)22-15(23)12-7-5-4-6-8-12/h4-8,13-14H,9-11H2,1-3H3,(H,22,23,24)/t13-,14+,18-/m1/s1. The zero-order valence-electron chi connectivity index (χ0n) is 14.6. The van der Waals surface area contributed by atoms with Gasteiger partial charge >= 0.3 is 6.09 Å². The van der Waals surface area contributed by atoms with Gasteiger partial charge in [0.2, 0.25) is 0 Å². The van der Waals surface area contributed by atoms with E-state index in [0.717, 1.165) is 19.3 Å². The Bertz CT molecular complexity index is 689. The zero-order valence-corrected chi connectivity index (χ0v) is 16.2. The van der Waals surface area contributed by atoms with Crippen molar-refractivity contribution >= 4 is 35.2 Å². The van der Waals surface area contributed by atoms with Gasteiger partial charge in [0.25, 0.3) is 5.91 Å². The lowest BCUT2D eigenvalue weighted by Gasteiger charge is -2.37. The van der Waals surface area contributed by atoms with E-state index in [-0.39, 0.29) is 17.3 Å². The van der Waals surface area contributed by atoms with Gasteiger partial charge in [0, 0.05) is 16.9 Å². The SMILES string of the molecule is CC(C)(OC(=O)NC(=O)c1ccccc1)[C@@H]1CC[C@]2(C)[C@H](C1)C2(Cl)Cl. The number of carbonyl (C=O) groups excluding carboxylic acids is 2. The Morgan fingerprint density at radius 1 is 1.24 bits per heavy atom. The second-order valence-electron chi connectivity index (χ2n) is 7.88. The molecule has 0 bridgehead atoms. The third kappa shape index (κ3) is 3.26. The highest BCUT2D eigenvalue weighted by Crippen LogP contribution is 2.75. The average molecular weight is 384 g/mol. The molecule has 2 amide bonds. The molecule has 3 atom stereocenters. The molecular formula is C19H23Cl2NO3. The maximum absolute atomic E-state index is 12.2. The Hall–Kier alpha value is -1.26. The number of alkyl carbamates (subject to hydrolysis) is 1. The fourth-order valence-corrected chi connectivity index (χ4v) is 5.04. The molecule has 0 spiro atoms. The van der Waals surface area contributed by atoms with E-state index in [1.165, 1.54) is 0 Å². The van der Waals surface area contributed by atoms with E-state index in [0.29, 0.717) is 5.56 Å². The maximum Gasteiger partial charge on any atom is 0.414 e. The summed E-state index contributed by atoms with van der Waals surface area (Å²) in [5.41, 5.74) is -0.319. The number of halogens is 2. The van der Waals surface area contributed by atoms with Gasteiger partial charge in [0.1, 0.15) is 9.93 Å². The molecule has 1 aromatic carbocycles. The quantitative estimate of drug-likeness (QED) is 0.751. The van der Waals surface area contributed by atoms with Crippen LogP contribution in [-0.2, 0) is 4.74 Å². The fourth-order valence-electron chi connectivity index (χ4n) is 4.03. The number of ether oxygens (including phenoxy) is 1. The van der Waals surface area contributed by atoms with Crippen LogP contribution >= 0.6 is 23.2 Å². The first-order valence-corrected chi connectivity index (χ1v) is 9.31. The molecule has 0 radical (unpaired) electrons. The van der Waals surface area contributed by atoms with Crippen LogP contribution in [-0.4, -0.2) is 21.9 Å². The van der Waals surface area contributed by atoms with Crippen LogP contribution in [0.2, 0.25) is 0 Å². The van der Waals surface area contributed by atoms with Gasteiger partial charge in [0.15, 0.2) is 0 Å². The Balaban J connectivity index is 1.58. The molecular weight excluding hydrogens is 361 g/mol. The number of fused-ring (bicyclic) bond motifs is 1. The number of rotatable bonds is 3. The molecule has 4 nitrogen and oxygen atoms in total. The van der Waals surface area contributed by atoms with Crippen molar-refractivity contribution in [1.82, 2.24) is 5.32 Å². The maximum atomic E-state index is 12.2. The average Bonchev–Trinajstić information content (AvgIpc) is 2.99. The molecule has 2 saturated carbocycles. The normalized spacial score (nSPS) is 30.1. The molecule has 0 unspecified atom stereocenters. The number of amides is 2. The first-order chi connectivity index (χ1) is 11.6. The van der Waals surface area contributed by atoms with Gasteiger partial charge in [-0.3, -0.25) is 10.1 Å². The molecule has 0 saturated heterocycles. The van der Waals surface area contributed by atoms with Crippen molar-refractivity contribution in [1.29, 1.82) is 0 Å². The lowest BCUT2D eigenvalue weighted by molar-refractivity contribution is -0.0226. The van der Waals surface area contributed by atoms with Gasteiger partial charge in [-0.25, -0.2) is 4.79 Å². The second kappa shape index (κ2) is 6.17. The van der Waals surface area contributed by atoms with Crippen LogP contribution in [0.5, 0.6) is 0 Å². The van der Waals surface area contributed by atoms with E-state index >= 15 is 0 Å². The number of nitrogens with one attached hydrogen (secondary N) is 1. The third-order valence-corrected chi connectivity index (χ3v) is 7.40. The molecule has 0 heterocycles. The van der Waals surface area contributed by atoms with Gasteiger partial charge in [-0.15, -0.1) is 23.2 Å². The molecule has 0 aromatic heterocycles. The predicted molar refractivity (Wildman–Crippen MR) is 97.8 cm³/mol. The first kappa shape index (κ1) is 18.5. The summed E-state index contributed by atoms with van der Waals surface area (Å²) in [5, 5.41) is 2.28. The monoisotopic (exact) mass is 383 g/mol. The largest absolute Gasteiger partial charge is 0.443 e. The predicted octanol–water partition coefficient (Wildman–Crippen LogP) is 4.94. The van der Waals surface area contributed by atoms with Crippen LogP contribution in [0, 0.1) is 17.3 Å². The van der Waals surface area contributed by atoms with Crippen molar-refractivity contribution in [3.63, 3.8) is 0 Å². The highest BCUT2D eigenvalue weighted by atomic mass is 35.5. The summed E-state index contributed by atoms with van der Waals surface area (Å²) in [4.78, 5) is 24.2. The topological polar surface area (TPSA) is 55.4 Å². The van der Waals surface area contributed by atoms with Gasteiger partial charge in [-0.05, 0) is 51.2 Å². The smallest absolute Gasteiger partial charge is 0.414 e. The van der Waals surface area contributed by atoms with Crippen LogP contribution in [0.15, 0.2) is 30.3 Å². The number of carbonyl (C=O) groups is 2. The minimum absolute atomic E-state index is 0.0335. The summed E-state index contributed by atoms with van der Waals surface area (Å²) in [6.07, 6.45) is 1.88. The molecule has 0 aliphatic heterocycles. The van der Waals surface area contributed by atoms with Crippen molar-refractivity contribution in [2.75, 3.05) is 0 Å². The van der Waals surface area contributed by atoms with E-state index < -0.39 is 21.9 Å². The number of imide groups is 1. The third-order valence-electron chi connectivity index (χ3n) is 6.01. The van der Waals surface area contributed by atoms with Crippen molar-refractivity contribution in [3.05, 3.63) is 35.9 Å². The Labute approximate surface area is 158 Å². The molecule has 25 heavy (non-hydrogen) atoms. The zero-order chi connectivity index (χ0) is 18.5. The van der Waals surface area contributed by atoms with Crippen LogP contribution < -0.4 is 5.32 Å². The Kier molecular flexibility index (Phi) is 4.57. The van der Waals surface area contributed by atoms with E-state index in [9.17, 15) is 9.59 Å². The molecule has 136 valence electrons. The Morgan fingerprint density at radius 2 is 1.88 bits per heavy atom. The molecule has 1 N–H and O–H groups in total. The minimum Gasteiger partial charge on any atom is -0.443 e. The minimum atomic E-state index is -0.731.